The van der Waals surface area contributed by atoms with Crippen LogP contribution in [0, 0.1) is 5.82 Å². The maximum absolute atomic E-state index is 13.4. The van der Waals surface area contributed by atoms with Crippen molar-refractivity contribution in [1.82, 2.24) is 14.9 Å². The van der Waals surface area contributed by atoms with Crippen LogP contribution in [0.4, 0.5) is 4.39 Å². The fourth-order valence-corrected chi connectivity index (χ4v) is 4.47. The van der Waals surface area contributed by atoms with Gasteiger partial charge in [0.05, 0.1) is 41.8 Å². The standard InChI is InChI=1S/C27H27FN4O5S/c1-33-21-11-8-18(22(14-21)34-2)15-29-32-26(19-12-23(35-3)25(37-5)24(13-19)36-4)30-31-27(32)38-16-17-6-9-20(28)10-7-17/h6-15H,16H2,1-5H3/b29-15+. The van der Waals surface area contributed by atoms with Crippen molar-refractivity contribution in [3.8, 4) is 40.1 Å². The second-order valence-corrected chi connectivity index (χ2v) is 8.74. The van der Waals surface area contributed by atoms with Crippen LogP contribution < -0.4 is 23.7 Å². The summed E-state index contributed by atoms with van der Waals surface area (Å²) in [6, 6.07) is 15.3. The molecule has 0 amide bonds. The summed E-state index contributed by atoms with van der Waals surface area (Å²) >= 11 is 1.41. The van der Waals surface area contributed by atoms with Gasteiger partial charge in [-0.3, -0.25) is 0 Å². The lowest BCUT2D eigenvalue weighted by molar-refractivity contribution is 0.324. The lowest BCUT2D eigenvalue weighted by Gasteiger charge is -2.14. The van der Waals surface area contributed by atoms with Crippen LogP contribution in [0.1, 0.15) is 11.1 Å². The summed E-state index contributed by atoms with van der Waals surface area (Å²) in [6.07, 6.45) is 1.66. The predicted molar refractivity (Wildman–Crippen MR) is 144 cm³/mol. The smallest absolute Gasteiger partial charge is 0.212 e. The molecule has 0 radical (unpaired) electrons. The summed E-state index contributed by atoms with van der Waals surface area (Å²) in [5.41, 5.74) is 2.31. The minimum atomic E-state index is -0.287. The molecule has 4 rings (SSSR count). The van der Waals surface area contributed by atoms with Crippen molar-refractivity contribution < 1.29 is 28.1 Å². The molecule has 0 unspecified atom stereocenters. The zero-order valence-electron chi connectivity index (χ0n) is 21.6. The molecule has 198 valence electrons. The van der Waals surface area contributed by atoms with Crippen LogP contribution in [0.3, 0.4) is 0 Å². The molecule has 0 saturated heterocycles. The molecule has 38 heavy (non-hydrogen) atoms. The number of methoxy groups -OCH3 is 5. The number of benzene rings is 3. The van der Waals surface area contributed by atoms with Gasteiger partial charge in [-0.1, -0.05) is 23.9 Å². The zero-order chi connectivity index (χ0) is 27.1. The Kier molecular flexibility index (Phi) is 8.70. The highest BCUT2D eigenvalue weighted by atomic mass is 32.2. The van der Waals surface area contributed by atoms with E-state index in [1.807, 2.05) is 12.1 Å². The van der Waals surface area contributed by atoms with Gasteiger partial charge in [0, 0.05) is 22.9 Å². The average Bonchev–Trinajstić information content (AvgIpc) is 3.37. The summed E-state index contributed by atoms with van der Waals surface area (Å²) in [5, 5.41) is 14.0. The van der Waals surface area contributed by atoms with E-state index in [9.17, 15) is 4.39 Å². The van der Waals surface area contributed by atoms with E-state index >= 15 is 0 Å². The Bertz CT molecular complexity index is 1400. The second-order valence-electron chi connectivity index (χ2n) is 7.80. The first-order valence-corrected chi connectivity index (χ1v) is 12.4. The molecule has 9 nitrogen and oxygen atoms in total. The Labute approximate surface area is 224 Å². The van der Waals surface area contributed by atoms with Gasteiger partial charge in [-0.05, 0) is 42.0 Å². The molecule has 11 heteroatoms. The number of thioether (sulfide) groups is 1. The average molecular weight is 539 g/mol. The van der Waals surface area contributed by atoms with E-state index in [0.29, 0.717) is 51.0 Å². The lowest BCUT2D eigenvalue weighted by Crippen LogP contribution is -2.00. The monoisotopic (exact) mass is 538 g/mol. The second kappa shape index (κ2) is 12.3. The van der Waals surface area contributed by atoms with E-state index in [0.717, 1.165) is 11.1 Å². The molecule has 3 aromatic carbocycles. The largest absolute Gasteiger partial charge is 0.497 e. The van der Waals surface area contributed by atoms with E-state index in [-0.39, 0.29) is 5.82 Å². The Morgan fingerprint density at radius 1 is 0.816 bits per heavy atom. The van der Waals surface area contributed by atoms with Gasteiger partial charge < -0.3 is 23.7 Å². The number of ether oxygens (including phenoxy) is 5. The molecular weight excluding hydrogens is 511 g/mol. The van der Waals surface area contributed by atoms with E-state index in [2.05, 4.69) is 10.2 Å². The SMILES string of the molecule is COc1ccc(/C=N/n2c(SCc3ccc(F)cc3)nnc2-c2cc(OC)c(OC)c(OC)c2)c(OC)c1. The fraction of sp³-hybridized carbons (Fsp3) is 0.222. The first kappa shape index (κ1) is 26.8. The number of hydrogen-bond donors (Lipinski definition) is 0. The summed E-state index contributed by atoms with van der Waals surface area (Å²) in [6.45, 7) is 0. The van der Waals surface area contributed by atoms with Crippen molar-refractivity contribution >= 4 is 18.0 Å². The minimum Gasteiger partial charge on any atom is -0.497 e. The third kappa shape index (κ3) is 5.83. The van der Waals surface area contributed by atoms with Gasteiger partial charge in [0.1, 0.15) is 17.3 Å². The van der Waals surface area contributed by atoms with Crippen molar-refractivity contribution in [3.63, 3.8) is 0 Å². The van der Waals surface area contributed by atoms with E-state index < -0.39 is 0 Å². The molecule has 0 aliphatic carbocycles. The normalized spacial score (nSPS) is 11.0. The van der Waals surface area contributed by atoms with Gasteiger partial charge >= 0.3 is 0 Å². The number of rotatable bonds is 11. The Morgan fingerprint density at radius 3 is 2.11 bits per heavy atom. The summed E-state index contributed by atoms with van der Waals surface area (Å²) in [7, 11) is 7.80. The number of halogens is 1. The molecule has 0 fully saturated rings. The van der Waals surface area contributed by atoms with Gasteiger partial charge in [0.2, 0.25) is 10.9 Å². The van der Waals surface area contributed by atoms with Gasteiger partial charge in [0.15, 0.2) is 17.3 Å². The van der Waals surface area contributed by atoms with Crippen LogP contribution in [0.15, 0.2) is 64.9 Å². The number of aromatic nitrogens is 3. The first-order valence-electron chi connectivity index (χ1n) is 11.4. The minimum absolute atomic E-state index is 0.287. The number of nitrogens with zero attached hydrogens (tertiary/aromatic N) is 4. The predicted octanol–water partition coefficient (Wildman–Crippen LogP) is 5.30. The molecule has 0 N–H and O–H groups in total. The van der Waals surface area contributed by atoms with Crippen LogP contribution >= 0.6 is 11.8 Å². The molecule has 0 saturated carbocycles. The number of hydrogen-bond acceptors (Lipinski definition) is 9. The first-order chi connectivity index (χ1) is 18.5. The Hall–Kier alpha value is -4.25. The highest BCUT2D eigenvalue weighted by Crippen LogP contribution is 2.41. The maximum atomic E-state index is 13.4. The van der Waals surface area contributed by atoms with Crippen LogP contribution in [-0.2, 0) is 5.75 Å². The van der Waals surface area contributed by atoms with Crippen LogP contribution in [0.2, 0.25) is 0 Å². The van der Waals surface area contributed by atoms with E-state index in [1.165, 1.54) is 23.9 Å². The van der Waals surface area contributed by atoms with Crippen molar-refractivity contribution in [3.05, 3.63) is 71.5 Å². The summed E-state index contributed by atoms with van der Waals surface area (Å²) in [5.74, 6) is 3.36. The third-order valence-corrected chi connectivity index (χ3v) is 6.56. The Morgan fingerprint density at radius 2 is 1.50 bits per heavy atom. The van der Waals surface area contributed by atoms with E-state index in [4.69, 9.17) is 28.8 Å². The van der Waals surface area contributed by atoms with Gasteiger partial charge in [0.25, 0.3) is 0 Å². The maximum Gasteiger partial charge on any atom is 0.212 e. The van der Waals surface area contributed by atoms with Crippen molar-refractivity contribution in [2.24, 2.45) is 5.10 Å². The molecule has 1 heterocycles. The van der Waals surface area contributed by atoms with E-state index in [1.54, 1.807) is 76.8 Å². The Balaban J connectivity index is 1.78. The molecule has 1 aromatic heterocycles. The highest BCUT2D eigenvalue weighted by Gasteiger charge is 2.20. The molecule has 0 bridgehead atoms. The quantitative estimate of drug-likeness (QED) is 0.188. The molecule has 0 atom stereocenters. The zero-order valence-corrected chi connectivity index (χ0v) is 22.4. The molecule has 0 aliphatic heterocycles. The van der Waals surface area contributed by atoms with Crippen LogP contribution in [-0.4, -0.2) is 56.6 Å². The van der Waals surface area contributed by atoms with Crippen molar-refractivity contribution in [2.45, 2.75) is 10.9 Å². The van der Waals surface area contributed by atoms with Gasteiger partial charge in [-0.15, -0.1) is 10.2 Å². The van der Waals surface area contributed by atoms with Crippen molar-refractivity contribution in [1.29, 1.82) is 0 Å². The lowest BCUT2D eigenvalue weighted by atomic mass is 10.1. The summed E-state index contributed by atoms with van der Waals surface area (Å²) in [4.78, 5) is 0. The fourth-order valence-electron chi connectivity index (χ4n) is 3.62. The highest BCUT2D eigenvalue weighted by molar-refractivity contribution is 7.98. The van der Waals surface area contributed by atoms with Crippen LogP contribution in [0.5, 0.6) is 28.7 Å². The molecule has 0 aliphatic rings. The topological polar surface area (TPSA) is 89.2 Å². The van der Waals surface area contributed by atoms with Crippen molar-refractivity contribution in [2.75, 3.05) is 35.5 Å². The molecule has 4 aromatic rings. The van der Waals surface area contributed by atoms with Gasteiger partial charge in [-0.2, -0.15) is 9.78 Å². The third-order valence-electron chi connectivity index (χ3n) is 5.57. The molecule has 0 spiro atoms. The van der Waals surface area contributed by atoms with Crippen LogP contribution in [0.25, 0.3) is 11.4 Å². The summed E-state index contributed by atoms with van der Waals surface area (Å²) < 4.78 is 42.3. The molecular formula is C27H27FN4O5S. The van der Waals surface area contributed by atoms with Gasteiger partial charge in [-0.25, -0.2) is 4.39 Å².